The highest BCUT2D eigenvalue weighted by Gasteiger charge is 2.15. The molecule has 7 heteroatoms. The van der Waals surface area contributed by atoms with Crippen LogP contribution in [-0.2, 0) is 4.79 Å². The van der Waals surface area contributed by atoms with Gasteiger partial charge in [0.1, 0.15) is 0 Å². The van der Waals surface area contributed by atoms with Gasteiger partial charge in [0, 0.05) is 17.7 Å². The topological polar surface area (TPSA) is 95.6 Å². The third-order valence-electron chi connectivity index (χ3n) is 3.71. The van der Waals surface area contributed by atoms with Crippen LogP contribution in [0.4, 0.5) is 5.69 Å². The quantitative estimate of drug-likeness (QED) is 0.767. The third kappa shape index (κ3) is 3.63. The van der Waals surface area contributed by atoms with Gasteiger partial charge in [-0.25, -0.2) is 0 Å². The number of H-pyrrole nitrogens is 1. The largest absolute Gasteiger partial charge is 0.326 e. The Morgan fingerprint density at radius 3 is 2.86 bits per heavy atom. The average Bonchev–Trinajstić information content (AvgIpc) is 3.19. The number of hydrogen-bond donors (Lipinski definition) is 3. The normalized spacial score (nSPS) is 17.8. The first-order valence-electron chi connectivity index (χ1n) is 7.16. The summed E-state index contributed by atoms with van der Waals surface area (Å²) in [5, 5.41) is 20.0. The number of carbonyl (C=O) groups is 1. The molecule has 1 saturated heterocycles. The van der Waals surface area contributed by atoms with Gasteiger partial charge in [-0.1, -0.05) is 0 Å². The summed E-state index contributed by atoms with van der Waals surface area (Å²) in [4.78, 5) is 11.9. The number of tetrazole rings is 1. The van der Waals surface area contributed by atoms with Gasteiger partial charge in [0.05, 0.1) is 0 Å². The van der Waals surface area contributed by atoms with Crippen molar-refractivity contribution in [3.63, 3.8) is 0 Å². The van der Waals surface area contributed by atoms with Crippen molar-refractivity contribution in [3.8, 4) is 11.4 Å². The van der Waals surface area contributed by atoms with Gasteiger partial charge in [0.2, 0.25) is 11.7 Å². The van der Waals surface area contributed by atoms with Crippen molar-refractivity contribution in [2.45, 2.75) is 19.3 Å². The summed E-state index contributed by atoms with van der Waals surface area (Å²) in [5.74, 6) is 1.24. The number of anilines is 1. The van der Waals surface area contributed by atoms with E-state index in [1.807, 2.05) is 24.3 Å². The monoisotopic (exact) mass is 286 g/mol. The molecular formula is C14H18N6O. The smallest absolute Gasteiger partial charge is 0.224 e. The molecule has 1 aromatic carbocycles. The summed E-state index contributed by atoms with van der Waals surface area (Å²) in [6.45, 7) is 2.11. The maximum absolute atomic E-state index is 11.9. The Hall–Kier alpha value is -2.28. The fourth-order valence-corrected chi connectivity index (χ4v) is 2.51. The van der Waals surface area contributed by atoms with E-state index in [4.69, 9.17) is 0 Å². The van der Waals surface area contributed by atoms with Crippen LogP contribution in [0.2, 0.25) is 0 Å². The molecule has 0 spiro atoms. The number of rotatable bonds is 5. The molecule has 1 aliphatic heterocycles. The molecule has 7 nitrogen and oxygen atoms in total. The Morgan fingerprint density at radius 1 is 1.33 bits per heavy atom. The molecule has 110 valence electrons. The van der Waals surface area contributed by atoms with Crippen molar-refractivity contribution in [2.24, 2.45) is 5.92 Å². The predicted octanol–water partition coefficient (Wildman–Crippen LogP) is 1.19. The SMILES string of the molecule is O=C(CCC1CCNC1)Nc1ccc(-c2nn[nH]n2)cc1. The van der Waals surface area contributed by atoms with Gasteiger partial charge < -0.3 is 10.6 Å². The zero-order chi connectivity index (χ0) is 14.5. The lowest BCUT2D eigenvalue weighted by atomic mass is 10.0. The average molecular weight is 286 g/mol. The number of amides is 1. The molecule has 1 aliphatic rings. The standard InChI is InChI=1S/C14H18N6O/c21-13(6-1-10-7-8-15-9-10)16-12-4-2-11(3-5-12)14-17-19-20-18-14/h2-5,10,15H,1,6-9H2,(H,16,21)(H,17,18,19,20). The molecule has 0 aliphatic carbocycles. The lowest BCUT2D eigenvalue weighted by Gasteiger charge is -2.09. The van der Waals surface area contributed by atoms with E-state index in [0.717, 1.165) is 30.8 Å². The van der Waals surface area contributed by atoms with E-state index in [9.17, 15) is 4.79 Å². The number of benzene rings is 1. The molecule has 1 unspecified atom stereocenters. The minimum atomic E-state index is 0.0641. The van der Waals surface area contributed by atoms with Crippen LogP contribution in [0.3, 0.4) is 0 Å². The van der Waals surface area contributed by atoms with Crippen LogP contribution in [0.15, 0.2) is 24.3 Å². The Labute approximate surface area is 122 Å². The van der Waals surface area contributed by atoms with Crippen molar-refractivity contribution in [2.75, 3.05) is 18.4 Å². The van der Waals surface area contributed by atoms with Crippen LogP contribution in [0.1, 0.15) is 19.3 Å². The van der Waals surface area contributed by atoms with Crippen molar-refractivity contribution in [1.82, 2.24) is 25.9 Å². The number of carbonyl (C=O) groups excluding carboxylic acids is 1. The lowest BCUT2D eigenvalue weighted by molar-refractivity contribution is -0.116. The van der Waals surface area contributed by atoms with Crippen LogP contribution >= 0.6 is 0 Å². The molecule has 3 N–H and O–H groups in total. The van der Waals surface area contributed by atoms with E-state index in [1.54, 1.807) is 0 Å². The summed E-state index contributed by atoms with van der Waals surface area (Å²) in [6, 6.07) is 7.42. The second-order valence-corrected chi connectivity index (χ2v) is 5.26. The van der Waals surface area contributed by atoms with Crippen molar-refractivity contribution in [3.05, 3.63) is 24.3 Å². The van der Waals surface area contributed by atoms with Crippen LogP contribution in [0.25, 0.3) is 11.4 Å². The van der Waals surface area contributed by atoms with Crippen LogP contribution in [-0.4, -0.2) is 39.6 Å². The summed E-state index contributed by atoms with van der Waals surface area (Å²) >= 11 is 0. The highest BCUT2D eigenvalue weighted by Crippen LogP contribution is 2.18. The van der Waals surface area contributed by atoms with E-state index in [2.05, 4.69) is 31.3 Å². The fraction of sp³-hybridized carbons (Fsp3) is 0.429. The second kappa shape index (κ2) is 6.45. The highest BCUT2D eigenvalue weighted by molar-refractivity contribution is 5.90. The lowest BCUT2D eigenvalue weighted by Crippen LogP contribution is -2.14. The van der Waals surface area contributed by atoms with Crippen molar-refractivity contribution >= 4 is 11.6 Å². The maximum atomic E-state index is 11.9. The third-order valence-corrected chi connectivity index (χ3v) is 3.71. The van der Waals surface area contributed by atoms with E-state index >= 15 is 0 Å². The summed E-state index contributed by atoms with van der Waals surface area (Å²) in [5.41, 5.74) is 1.65. The molecule has 0 saturated carbocycles. The Bertz CT molecular complexity index is 574. The molecule has 21 heavy (non-hydrogen) atoms. The molecule has 0 bridgehead atoms. The molecule has 1 fully saturated rings. The molecule has 3 rings (SSSR count). The molecule has 2 aromatic rings. The van der Waals surface area contributed by atoms with Gasteiger partial charge in [-0.05, 0) is 61.3 Å². The van der Waals surface area contributed by atoms with Gasteiger partial charge in [-0.2, -0.15) is 5.21 Å². The number of aromatic nitrogens is 4. The maximum Gasteiger partial charge on any atom is 0.224 e. The summed E-state index contributed by atoms with van der Waals surface area (Å²) in [7, 11) is 0. The molecular weight excluding hydrogens is 268 g/mol. The Balaban J connectivity index is 1.51. The Kier molecular flexibility index (Phi) is 4.20. The number of nitrogens with zero attached hydrogens (tertiary/aromatic N) is 3. The Morgan fingerprint density at radius 2 is 2.19 bits per heavy atom. The first-order chi connectivity index (χ1) is 10.3. The van der Waals surface area contributed by atoms with Gasteiger partial charge in [0.25, 0.3) is 0 Å². The number of hydrogen-bond acceptors (Lipinski definition) is 5. The first kappa shape index (κ1) is 13.7. The minimum Gasteiger partial charge on any atom is -0.326 e. The van der Waals surface area contributed by atoms with E-state index in [-0.39, 0.29) is 5.91 Å². The predicted molar refractivity (Wildman–Crippen MR) is 78.5 cm³/mol. The molecule has 0 radical (unpaired) electrons. The van der Waals surface area contributed by atoms with Gasteiger partial charge in [0.15, 0.2) is 0 Å². The van der Waals surface area contributed by atoms with Gasteiger partial charge in [-0.15, -0.1) is 10.2 Å². The molecule has 2 heterocycles. The van der Waals surface area contributed by atoms with Crippen LogP contribution in [0, 0.1) is 5.92 Å². The highest BCUT2D eigenvalue weighted by atomic mass is 16.1. The second-order valence-electron chi connectivity index (χ2n) is 5.26. The number of nitrogens with one attached hydrogen (secondary N) is 3. The first-order valence-corrected chi connectivity index (χ1v) is 7.16. The zero-order valence-electron chi connectivity index (χ0n) is 11.7. The van der Waals surface area contributed by atoms with E-state index in [1.165, 1.54) is 6.42 Å². The summed E-state index contributed by atoms with van der Waals surface area (Å²) < 4.78 is 0. The van der Waals surface area contributed by atoms with Gasteiger partial charge >= 0.3 is 0 Å². The zero-order valence-corrected chi connectivity index (χ0v) is 11.7. The van der Waals surface area contributed by atoms with Crippen molar-refractivity contribution in [1.29, 1.82) is 0 Å². The fourth-order valence-electron chi connectivity index (χ4n) is 2.51. The van der Waals surface area contributed by atoms with E-state index < -0.39 is 0 Å². The van der Waals surface area contributed by atoms with Crippen molar-refractivity contribution < 1.29 is 4.79 Å². The van der Waals surface area contributed by atoms with Crippen LogP contribution in [0.5, 0.6) is 0 Å². The van der Waals surface area contributed by atoms with Gasteiger partial charge in [-0.3, -0.25) is 4.79 Å². The molecule has 1 aromatic heterocycles. The minimum absolute atomic E-state index is 0.0641. The number of aromatic amines is 1. The summed E-state index contributed by atoms with van der Waals surface area (Å²) in [6.07, 6.45) is 2.69. The molecule has 1 amide bonds. The van der Waals surface area contributed by atoms with E-state index in [0.29, 0.717) is 18.2 Å². The van der Waals surface area contributed by atoms with Crippen LogP contribution < -0.4 is 10.6 Å². The molecule has 1 atom stereocenters.